The van der Waals surface area contributed by atoms with Gasteiger partial charge in [-0.15, -0.1) is 0 Å². The third-order valence-electron chi connectivity index (χ3n) is 0. The van der Waals surface area contributed by atoms with E-state index in [1.807, 2.05) is 0 Å². The van der Waals surface area contributed by atoms with Gasteiger partial charge in [0, 0.05) is 0 Å². The quantitative estimate of drug-likeness (QED) is 0.313. The van der Waals surface area contributed by atoms with E-state index in [0.29, 0.717) is 0 Å². The Labute approximate surface area is 57.3 Å². The van der Waals surface area contributed by atoms with Gasteiger partial charge < -0.3 is 0 Å². The Morgan fingerprint density at radius 3 is 1.00 bits per heavy atom. The van der Waals surface area contributed by atoms with Crippen LogP contribution in [0, 0.1) is 0 Å². The van der Waals surface area contributed by atoms with Crippen molar-refractivity contribution in [2.45, 2.75) is 0 Å². The van der Waals surface area contributed by atoms with Gasteiger partial charge in [0.2, 0.25) is 0 Å². The second-order valence-corrected chi connectivity index (χ2v) is 0.577. The molecule has 7 heavy (non-hydrogen) atoms. The van der Waals surface area contributed by atoms with Crippen molar-refractivity contribution in [1.29, 1.82) is 0 Å². The van der Waals surface area contributed by atoms with Crippen molar-refractivity contribution in [1.82, 2.24) is 0 Å². The monoisotopic (exact) mass is 127 g/mol. The summed E-state index contributed by atoms with van der Waals surface area (Å²) in [7, 11) is 0. The van der Waals surface area contributed by atoms with Crippen LogP contribution in [0.2, 0.25) is 0 Å². The van der Waals surface area contributed by atoms with Crippen LogP contribution in [0.5, 0.6) is 0 Å². The summed E-state index contributed by atoms with van der Waals surface area (Å²) < 4.78 is 33.8. The molecule has 0 aromatic carbocycles. The van der Waals surface area contributed by atoms with Crippen molar-refractivity contribution < 1.29 is 15.9 Å². The predicted octanol–water partition coefficient (Wildman–Crippen LogP) is -3.76. The van der Waals surface area contributed by atoms with Gasteiger partial charge in [-0.3, -0.25) is 0 Å². The Kier molecular flexibility index (Phi) is 71.7. The Bertz CT molecular complexity index is 30.7. The molecule has 0 bridgehead atoms. The number of rotatable bonds is 0. The molecule has 0 aromatic rings. The number of hydrogen-bond donors (Lipinski definition) is 0. The molecule has 0 aliphatic carbocycles. The van der Waals surface area contributed by atoms with Crippen LogP contribution in [0.1, 0.15) is 0 Å². The molecule has 0 heterocycles. The topological polar surface area (TPSA) is 80.3 Å². The summed E-state index contributed by atoms with van der Waals surface area (Å²) in [5.74, 6) is 0. The van der Waals surface area contributed by atoms with E-state index >= 15 is 0 Å². The molecule has 4 nitrogen and oxygen atoms in total. The van der Waals surface area contributed by atoms with Crippen LogP contribution in [0.25, 0.3) is 0 Å². The van der Waals surface area contributed by atoms with Crippen LogP contribution in [-0.4, -0.2) is 41.1 Å². The number of hydrogen-bond acceptors (Lipinski definition) is 4. The first kappa shape index (κ1) is 15.7. The van der Waals surface area contributed by atoms with Gasteiger partial charge >= 0.3 is 57.0 Å². The van der Waals surface area contributed by atoms with E-state index in [2.05, 4.69) is 0 Å². The van der Waals surface area contributed by atoms with E-state index < -0.39 is 31.0 Å². The first-order valence-electron chi connectivity index (χ1n) is 0.943. The third-order valence-corrected chi connectivity index (χ3v) is 0. The third kappa shape index (κ3) is 672. The SMILES string of the molecule is [Be+2].[O]=[Al][O-].[O]=[Al][O-]. The summed E-state index contributed by atoms with van der Waals surface area (Å²) in [6, 6.07) is 0. The standard InChI is InChI=1S/2Al.Be.4O/q;;+2;;;2*-1. The summed E-state index contributed by atoms with van der Waals surface area (Å²) in [5, 5.41) is 0. The molecule has 0 saturated carbocycles. The Hall–Kier alpha value is 0.434. The van der Waals surface area contributed by atoms with Gasteiger partial charge in [-0.25, -0.2) is 0 Å². The summed E-state index contributed by atoms with van der Waals surface area (Å²) in [6.07, 6.45) is 0. The maximum atomic E-state index is 8.46. The molecule has 0 aromatic heterocycles. The first-order valence-corrected chi connectivity index (χ1v) is 2.83. The predicted molar refractivity (Wildman–Crippen MR) is 18.6 cm³/mol. The van der Waals surface area contributed by atoms with E-state index in [1.165, 1.54) is 0 Å². The Balaban J connectivity index is -0.0000000400. The van der Waals surface area contributed by atoms with Crippen LogP contribution in [0.4, 0.5) is 0 Å². The fraction of sp³-hybridized carbons (Fsp3) is 0. The van der Waals surface area contributed by atoms with E-state index in [9.17, 15) is 0 Å². The maximum absolute atomic E-state index is 8.46. The molecule has 0 unspecified atom stereocenters. The molecule has 7 heteroatoms. The Morgan fingerprint density at radius 2 is 1.00 bits per heavy atom. The van der Waals surface area contributed by atoms with Gasteiger partial charge in [-0.05, 0) is 0 Å². The zero-order valence-electron chi connectivity index (χ0n) is 3.49. The summed E-state index contributed by atoms with van der Waals surface area (Å²) >= 11 is -3.50. The van der Waals surface area contributed by atoms with Gasteiger partial charge in [-0.1, -0.05) is 0 Å². The van der Waals surface area contributed by atoms with Crippen molar-refractivity contribution in [3.63, 3.8) is 0 Å². The van der Waals surface area contributed by atoms with Crippen LogP contribution in [0.15, 0.2) is 0 Å². The average Bonchev–Trinajstić information content (AvgIpc) is 1.39. The fourth-order valence-electron chi connectivity index (χ4n) is 0. The minimum atomic E-state index is -1.75. The molecule has 0 rings (SSSR count). The van der Waals surface area contributed by atoms with Crippen molar-refractivity contribution >= 4 is 41.1 Å². The molecule has 0 aliphatic rings. The summed E-state index contributed by atoms with van der Waals surface area (Å²) in [6.45, 7) is 0. The van der Waals surface area contributed by atoms with Crippen molar-refractivity contribution in [3.8, 4) is 0 Å². The normalized spacial score (nSPS) is 2.29. The van der Waals surface area contributed by atoms with Crippen LogP contribution in [0.3, 0.4) is 0 Å². The molecule has 0 N–H and O–H groups in total. The zero-order chi connectivity index (χ0) is 5.41. The molecule has 0 amide bonds. The van der Waals surface area contributed by atoms with E-state index in [-0.39, 0.29) is 10.1 Å². The molecule has 0 saturated heterocycles. The molecule has 0 radical (unpaired) electrons. The van der Waals surface area contributed by atoms with E-state index in [1.54, 1.807) is 0 Å². The van der Waals surface area contributed by atoms with Gasteiger partial charge in [0.1, 0.15) is 0 Å². The molecular weight excluding hydrogens is 127 g/mol. The van der Waals surface area contributed by atoms with Crippen LogP contribution >= 0.6 is 0 Å². The van der Waals surface area contributed by atoms with Crippen LogP contribution < -0.4 is 8.32 Å². The van der Waals surface area contributed by atoms with Crippen molar-refractivity contribution in [3.05, 3.63) is 0 Å². The van der Waals surface area contributed by atoms with Crippen molar-refractivity contribution in [2.24, 2.45) is 0 Å². The van der Waals surface area contributed by atoms with Gasteiger partial charge in [0.05, 0.1) is 0 Å². The second kappa shape index (κ2) is 32.1. The Morgan fingerprint density at radius 1 is 1.00 bits per heavy atom. The first-order chi connectivity index (χ1) is 2.83. The van der Waals surface area contributed by atoms with Gasteiger partial charge in [0.15, 0.2) is 0 Å². The van der Waals surface area contributed by atoms with Crippen LogP contribution in [-0.2, 0) is 7.61 Å². The summed E-state index contributed by atoms with van der Waals surface area (Å²) in [4.78, 5) is 0. The van der Waals surface area contributed by atoms with E-state index in [4.69, 9.17) is 15.9 Å². The molecule has 0 fully saturated rings. The second-order valence-electron chi connectivity index (χ2n) is 0.192. The van der Waals surface area contributed by atoms with Gasteiger partial charge in [0.25, 0.3) is 0 Å². The minimum absolute atomic E-state index is 0. The summed E-state index contributed by atoms with van der Waals surface area (Å²) in [5.41, 5.74) is 0. The van der Waals surface area contributed by atoms with Gasteiger partial charge in [-0.2, -0.15) is 0 Å². The molecule has 0 atom stereocenters. The molecular formula is Al2BeO4. The molecule has 0 aliphatic heterocycles. The fourth-order valence-corrected chi connectivity index (χ4v) is 0. The molecule has 32 valence electrons. The van der Waals surface area contributed by atoms with E-state index in [0.717, 1.165) is 0 Å². The zero-order valence-corrected chi connectivity index (χ0v) is 5.80. The average molecular weight is 127 g/mol. The molecule has 0 spiro atoms. The van der Waals surface area contributed by atoms with Crippen molar-refractivity contribution in [2.75, 3.05) is 0 Å².